The van der Waals surface area contributed by atoms with Crippen LogP contribution < -0.4 is 74.4 Å². The van der Waals surface area contributed by atoms with Crippen LogP contribution in [0.25, 0.3) is 16.7 Å². The largest absolute Gasteiger partial charge is 0.744 e. The first-order chi connectivity index (χ1) is 53.8. The Morgan fingerprint density at radius 2 is 0.586 bits per heavy atom. The molecule has 0 N–H and O–H groups in total. The summed E-state index contributed by atoms with van der Waals surface area (Å²) < 4.78 is 104. The smallest absolute Gasteiger partial charge is 0.210 e. The highest BCUT2D eigenvalue weighted by molar-refractivity contribution is 7.86. The Bertz CT molecular complexity index is 5990. The van der Waals surface area contributed by atoms with Gasteiger partial charge in [-0.25, -0.2) is 30.6 Å². The summed E-state index contributed by atoms with van der Waals surface area (Å²) in [6.07, 6.45) is 26.1. The van der Waals surface area contributed by atoms with Crippen LogP contribution in [0.5, 0.6) is 34.5 Å². The Labute approximate surface area is 650 Å². The van der Waals surface area contributed by atoms with E-state index in [1.807, 2.05) is 12.1 Å². The van der Waals surface area contributed by atoms with Gasteiger partial charge in [0.25, 0.3) is 0 Å². The quantitative estimate of drug-likeness (QED) is 0.0913. The minimum atomic E-state index is -4.68. The van der Waals surface area contributed by atoms with Crippen molar-refractivity contribution in [2.75, 3.05) is 93.2 Å². The SMILES string of the molecule is O=S(=O)([O-])c1ccccc1C1=c2cc3c4c(c2Oc2c1cc1c5c2CCCN5CCC1)CCC[N+]=4CCC3.O=S(=O)([O-])c1ccccc1C1=c2cc3c4c(c2Oc2c1cc1c5c2CCCN5CCC1)CCC[N+]=4CCC3.[CH3-].c1ccc(C2=c3cc4c5c(c3Oc3c2cc2c6c3CCCN6CCC2)CCC[N+]=5CCC4)cc1. The molecule has 111 heavy (non-hydrogen) atoms. The van der Waals surface area contributed by atoms with Crippen molar-refractivity contribution in [1.29, 1.82) is 0 Å². The third kappa shape index (κ3) is 11.1. The second-order valence-corrected chi connectivity index (χ2v) is 36.0. The molecule has 0 unspecified atom stereocenters. The summed E-state index contributed by atoms with van der Waals surface area (Å²) >= 11 is 0. The molecule has 15 heterocycles. The molecule has 15 aliphatic heterocycles. The van der Waals surface area contributed by atoms with Gasteiger partial charge in [0, 0.05) is 188 Å². The highest BCUT2D eigenvalue weighted by atomic mass is 32.2. The van der Waals surface area contributed by atoms with E-state index in [4.69, 9.17) is 14.2 Å². The van der Waals surface area contributed by atoms with Gasteiger partial charge in [0.15, 0.2) is 0 Å². The fourth-order valence-electron chi connectivity index (χ4n) is 22.8. The Kier molecular flexibility index (Phi) is 16.9. The van der Waals surface area contributed by atoms with Crippen LogP contribution in [0.4, 0.5) is 17.1 Å². The number of anilines is 3. The molecule has 9 aromatic rings. The minimum absolute atomic E-state index is 0. The molecular weight excluding hydrogens is 1420 g/mol. The molecule has 0 amide bonds. The Hall–Kier alpha value is -9.39. The average Bonchev–Trinajstić information content (AvgIpc) is 0.733. The van der Waals surface area contributed by atoms with Crippen molar-refractivity contribution < 1.29 is 40.2 Å². The van der Waals surface area contributed by atoms with Crippen molar-refractivity contribution in [2.24, 2.45) is 0 Å². The monoisotopic (exact) mass is 1510 g/mol. The molecule has 0 bridgehead atoms. The maximum atomic E-state index is 12.5. The predicted molar refractivity (Wildman–Crippen MR) is 433 cm³/mol. The van der Waals surface area contributed by atoms with Gasteiger partial charge in [-0.2, -0.15) is 0 Å². The lowest BCUT2D eigenvalue weighted by Crippen LogP contribution is -2.45. The van der Waals surface area contributed by atoms with E-state index in [0.717, 1.165) is 235 Å². The van der Waals surface area contributed by atoms with E-state index in [9.17, 15) is 25.9 Å². The Morgan fingerprint density at radius 1 is 0.297 bits per heavy atom. The zero-order valence-corrected chi connectivity index (χ0v) is 65.2. The zero-order valence-electron chi connectivity index (χ0n) is 63.6. The fourth-order valence-corrected chi connectivity index (χ4v) is 24.2. The summed E-state index contributed by atoms with van der Waals surface area (Å²) in [5.74, 6) is 5.75. The van der Waals surface area contributed by atoms with Crippen LogP contribution in [0.15, 0.2) is 125 Å². The molecule has 0 radical (unpaired) electrons. The van der Waals surface area contributed by atoms with E-state index in [0.29, 0.717) is 11.1 Å². The number of ether oxygens (including phenoxy) is 3. The van der Waals surface area contributed by atoms with Gasteiger partial charge >= 0.3 is 0 Å². The van der Waals surface area contributed by atoms with E-state index in [-0.39, 0.29) is 17.2 Å². The zero-order chi connectivity index (χ0) is 73.4. The van der Waals surface area contributed by atoms with E-state index in [2.05, 4.69) is 95.2 Å². The summed E-state index contributed by atoms with van der Waals surface area (Å²) in [7, 11) is -9.35. The van der Waals surface area contributed by atoms with Crippen molar-refractivity contribution in [2.45, 2.75) is 164 Å². The van der Waals surface area contributed by atoms with Gasteiger partial charge in [-0.15, -0.1) is 0 Å². The summed E-state index contributed by atoms with van der Waals surface area (Å²) in [5.41, 5.74) is 28.9. The van der Waals surface area contributed by atoms with Crippen molar-refractivity contribution in [3.63, 3.8) is 0 Å². The second-order valence-electron chi connectivity index (χ2n) is 33.3. The molecule has 17 heteroatoms. The lowest BCUT2D eigenvalue weighted by Gasteiger charge is -2.39. The van der Waals surface area contributed by atoms with E-state index < -0.39 is 20.2 Å². The number of aryl methyl sites for hydroxylation is 6. The highest BCUT2D eigenvalue weighted by Crippen LogP contribution is 2.53. The molecule has 0 spiro atoms. The van der Waals surface area contributed by atoms with Gasteiger partial charge < -0.3 is 45.4 Å². The standard InChI is InChI=1S/2C31H30N2O4S.C31H31N2O.CH3/c2*34-38(35,36)26-12-2-1-9-21(26)27-24-17-19-7-3-13-32-15-5-10-22(28(19)32)30(24)37-31-23-11-6-16-33-14-4-8-20(29(23)33)18-25(27)31;1-2-8-20(9-3-1)27-25-18-21-10-4-14-32-16-6-12-23(28(21)32)30(25)34-31-24-13-7-17-33-15-5-11-22(29(24)33)19-26(27)31;/h2*1-2,9,12,17-18H,3-8,10-11,13-16H2;1-3,8-9,18-19H,4-7,10-17H2;1H3/q;;+1;-1. The van der Waals surface area contributed by atoms with Crippen molar-refractivity contribution in [1.82, 2.24) is 13.7 Å². The summed E-state index contributed by atoms with van der Waals surface area (Å²) in [4.78, 5) is 7.33. The molecule has 0 aromatic heterocycles. The lowest BCUT2D eigenvalue weighted by molar-refractivity contribution is 0.431. The fraction of sp³-hybridized carbons (Fsp3) is 0.383. The van der Waals surface area contributed by atoms with Gasteiger partial charge in [0.2, 0.25) is 16.1 Å². The molecule has 24 rings (SSSR count). The van der Waals surface area contributed by atoms with Gasteiger partial charge in [-0.05, 0) is 186 Å². The molecule has 15 nitrogen and oxygen atoms in total. The van der Waals surface area contributed by atoms with Crippen LogP contribution in [0, 0.1) is 7.43 Å². The van der Waals surface area contributed by atoms with Crippen molar-refractivity contribution >= 4 is 54.0 Å². The van der Waals surface area contributed by atoms with Crippen molar-refractivity contribution in [3.8, 4) is 34.5 Å². The minimum Gasteiger partial charge on any atom is -0.744 e. The van der Waals surface area contributed by atoms with Gasteiger partial charge in [0.05, 0.1) is 26.5 Å². The van der Waals surface area contributed by atoms with Crippen LogP contribution in [0.2, 0.25) is 0 Å². The molecule has 0 aliphatic carbocycles. The molecule has 0 fully saturated rings. The van der Waals surface area contributed by atoms with Crippen LogP contribution in [0.3, 0.4) is 0 Å². The first-order valence-electron chi connectivity index (χ1n) is 41.3. The molecule has 0 atom stereocenters. The maximum Gasteiger partial charge on any atom is 0.210 e. The first-order valence-corrected chi connectivity index (χ1v) is 44.1. The van der Waals surface area contributed by atoms with E-state index in [1.165, 1.54) is 199 Å². The van der Waals surface area contributed by atoms with Crippen molar-refractivity contribution in [3.05, 3.63) is 255 Å². The molecule has 566 valence electrons. The molecule has 0 saturated heterocycles. The van der Waals surface area contributed by atoms with Crippen LogP contribution in [0.1, 0.15) is 177 Å². The molecule has 0 saturated carbocycles. The maximum absolute atomic E-state index is 12.5. The van der Waals surface area contributed by atoms with Crippen LogP contribution in [-0.4, -0.2) is 104 Å². The van der Waals surface area contributed by atoms with Gasteiger partial charge in [-0.3, -0.25) is 0 Å². The van der Waals surface area contributed by atoms with E-state index >= 15 is 0 Å². The molecular formula is C94H94N6O9S2. The summed E-state index contributed by atoms with van der Waals surface area (Å²) in [5, 5.41) is 7.33. The molecule has 9 aromatic carbocycles. The highest BCUT2D eigenvalue weighted by Gasteiger charge is 2.42. The number of hydrogen-bond donors (Lipinski definition) is 0. The van der Waals surface area contributed by atoms with E-state index in [1.54, 1.807) is 24.3 Å². The third-order valence-electron chi connectivity index (χ3n) is 27.0. The van der Waals surface area contributed by atoms with Gasteiger partial charge in [-0.1, -0.05) is 66.7 Å². The first kappa shape index (κ1) is 69.5. The van der Waals surface area contributed by atoms with Crippen LogP contribution >= 0.6 is 0 Å². The third-order valence-corrected chi connectivity index (χ3v) is 28.8. The topological polar surface area (TPSA) is 161 Å². The Morgan fingerprint density at radius 3 is 0.937 bits per heavy atom. The number of fused-ring (bicyclic) bond motifs is 12. The second kappa shape index (κ2) is 26.9. The normalized spacial score (nSPS) is 19.2. The summed E-state index contributed by atoms with van der Waals surface area (Å²) in [6, 6.07) is 38.5. The molecule has 15 aliphatic rings. The van der Waals surface area contributed by atoms with Gasteiger partial charge in [0.1, 0.15) is 94.0 Å². The predicted octanol–water partition coefficient (Wildman–Crippen LogP) is 10.6. The number of nitrogens with zero attached hydrogens (tertiary/aromatic N) is 6. The van der Waals surface area contributed by atoms with Crippen LogP contribution in [-0.2, 0) is 97.3 Å². The number of rotatable bonds is 5. The lowest BCUT2D eigenvalue weighted by atomic mass is 9.82. The Balaban J connectivity index is 0.000000105. The average molecular weight is 1520 g/mol. The number of hydrogen-bond acceptors (Lipinski definition) is 12. The summed E-state index contributed by atoms with van der Waals surface area (Å²) in [6.45, 7) is 13.3. The number of benzene rings is 9.